The van der Waals surface area contributed by atoms with Gasteiger partial charge < -0.3 is 9.47 Å². The van der Waals surface area contributed by atoms with Gasteiger partial charge in [0.2, 0.25) is 5.82 Å². The molecule has 4 nitrogen and oxygen atoms in total. The number of pyridine rings is 1. The van der Waals surface area contributed by atoms with Gasteiger partial charge in [-0.1, -0.05) is 37.3 Å². The smallest absolute Gasteiger partial charge is 0.301 e. The summed E-state index contributed by atoms with van der Waals surface area (Å²) in [4.78, 5) is 9.98. The van der Waals surface area contributed by atoms with E-state index in [-0.39, 0.29) is 17.2 Å². The molecule has 3 rings (SSSR count). The Morgan fingerprint density at radius 3 is 2.50 bits per heavy atom. The fourth-order valence-electron chi connectivity index (χ4n) is 3.19. The lowest BCUT2D eigenvalue weighted by atomic mass is 10.1. The van der Waals surface area contributed by atoms with Crippen LogP contribution in [0.1, 0.15) is 30.8 Å². The van der Waals surface area contributed by atoms with Crippen LogP contribution >= 0.6 is 0 Å². The molecule has 0 N–H and O–H groups in total. The third-order valence-electron chi connectivity index (χ3n) is 4.36. The lowest BCUT2D eigenvalue weighted by Gasteiger charge is -2.26. The highest BCUT2D eigenvalue weighted by Gasteiger charge is 2.39. The van der Waals surface area contributed by atoms with E-state index in [0.717, 1.165) is 5.56 Å². The van der Waals surface area contributed by atoms with Crippen LogP contribution in [-0.4, -0.2) is 33.0 Å². The summed E-state index contributed by atoms with van der Waals surface area (Å²) in [6.45, 7) is 3.02. The highest BCUT2D eigenvalue weighted by atomic mass is 19.4. The minimum Gasteiger partial charge on any atom is -0.301 e. The van der Waals surface area contributed by atoms with E-state index < -0.39 is 12.0 Å². The maximum absolute atomic E-state index is 13.5. The molecule has 0 aliphatic heterocycles. The molecule has 0 fully saturated rings. The quantitative estimate of drug-likeness (QED) is 0.646. The van der Waals surface area contributed by atoms with Gasteiger partial charge in [0.1, 0.15) is 5.52 Å². The Labute approximate surface area is 150 Å². The molecule has 0 amide bonds. The van der Waals surface area contributed by atoms with E-state index in [2.05, 4.69) is 9.97 Å². The van der Waals surface area contributed by atoms with Crippen LogP contribution in [0.15, 0.2) is 48.7 Å². The topological polar surface area (TPSA) is 34.0 Å². The van der Waals surface area contributed by atoms with Gasteiger partial charge in [0.25, 0.3) is 0 Å². The number of rotatable bonds is 6. The third-order valence-corrected chi connectivity index (χ3v) is 4.36. The Morgan fingerprint density at radius 2 is 1.85 bits per heavy atom. The van der Waals surface area contributed by atoms with E-state index in [4.69, 9.17) is 0 Å². The molecular formula is C19H21F3N4. The van der Waals surface area contributed by atoms with E-state index in [0.29, 0.717) is 19.5 Å². The largest absolute Gasteiger partial charge is 0.449 e. The van der Waals surface area contributed by atoms with E-state index in [1.807, 2.05) is 49.2 Å². The molecule has 26 heavy (non-hydrogen) atoms. The number of hydrogen-bond donors (Lipinski definition) is 0. The summed E-state index contributed by atoms with van der Waals surface area (Å²) in [7, 11) is 1.91. The van der Waals surface area contributed by atoms with Crippen molar-refractivity contribution < 1.29 is 13.2 Å². The number of halogens is 3. The van der Waals surface area contributed by atoms with Crippen molar-refractivity contribution in [1.82, 2.24) is 19.4 Å². The second kappa shape index (κ2) is 7.45. The molecule has 3 aromatic rings. The van der Waals surface area contributed by atoms with E-state index in [1.54, 1.807) is 12.1 Å². The van der Waals surface area contributed by atoms with E-state index in [1.165, 1.54) is 10.8 Å². The predicted octanol–water partition coefficient (Wildman–Crippen LogP) is 4.53. The van der Waals surface area contributed by atoms with Crippen molar-refractivity contribution >= 4 is 11.2 Å². The van der Waals surface area contributed by atoms with Crippen LogP contribution in [0.4, 0.5) is 13.2 Å². The summed E-state index contributed by atoms with van der Waals surface area (Å²) >= 11 is 0. The van der Waals surface area contributed by atoms with Gasteiger partial charge in [-0.3, -0.25) is 0 Å². The molecule has 0 aliphatic rings. The number of nitrogens with zero attached hydrogens (tertiary/aromatic N) is 4. The standard InChI is InChI=1S/C19H21F3N4/c1-3-15(13-25(2)12-14-8-5-4-6-9-14)26-17-16(10-7-11-23-17)24-18(26)19(20,21)22/h4-11,15H,3,12-13H2,1-2H3. The van der Waals surface area contributed by atoms with Crippen molar-refractivity contribution in [2.24, 2.45) is 0 Å². The first kappa shape index (κ1) is 18.4. The van der Waals surface area contributed by atoms with Crippen LogP contribution in [0.5, 0.6) is 0 Å². The number of hydrogen-bond acceptors (Lipinski definition) is 3. The molecule has 7 heteroatoms. The molecule has 2 heterocycles. The summed E-state index contributed by atoms with van der Waals surface area (Å²) in [5.41, 5.74) is 1.67. The Bertz CT molecular complexity index is 858. The van der Waals surface area contributed by atoms with E-state index >= 15 is 0 Å². The molecular weight excluding hydrogens is 341 g/mol. The third kappa shape index (κ3) is 3.88. The second-order valence-electron chi connectivity index (χ2n) is 6.39. The Balaban J connectivity index is 1.92. The molecule has 0 aliphatic carbocycles. The van der Waals surface area contributed by atoms with Crippen molar-refractivity contribution in [2.75, 3.05) is 13.6 Å². The fourth-order valence-corrected chi connectivity index (χ4v) is 3.19. The average molecular weight is 362 g/mol. The van der Waals surface area contributed by atoms with Crippen molar-refractivity contribution in [1.29, 1.82) is 0 Å². The van der Waals surface area contributed by atoms with Crippen LogP contribution in [0, 0.1) is 0 Å². The van der Waals surface area contributed by atoms with Crippen LogP contribution in [0.3, 0.4) is 0 Å². The minimum absolute atomic E-state index is 0.268. The van der Waals surface area contributed by atoms with Crippen LogP contribution < -0.4 is 0 Å². The minimum atomic E-state index is -4.52. The van der Waals surface area contributed by atoms with Crippen molar-refractivity contribution in [3.8, 4) is 0 Å². The summed E-state index contributed by atoms with van der Waals surface area (Å²) in [6.07, 6.45) is -2.47. The first-order valence-electron chi connectivity index (χ1n) is 8.52. The van der Waals surface area contributed by atoms with Gasteiger partial charge in [-0.25, -0.2) is 9.97 Å². The zero-order chi connectivity index (χ0) is 18.7. The van der Waals surface area contributed by atoms with Gasteiger partial charge >= 0.3 is 6.18 Å². The fraction of sp³-hybridized carbons (Fsp3) is 0.368. The molecule has 0 saturated heterocycles. The van der Waals surface area contributed by atoms with Gasteiger partial charge in [0.15, 0.2) is 5.65 Å². The first-order valence-corrected chi connectivity index (χ1v) is 8.52. The number of imidazole rings is 1. The first-order chi connectivity index (χ1) is 12.4. The molecule has 2 aromatic heterocycles. The van der Waals surface area contributed by atoms with Crippen LogP contribution in [0.25, 0.3) is 11.2 Å². The molecule has 0 spiro atoms. The van der Waals surface area contributed by atoms with E-state index in [9.17, 15) is 13.2 Å². The maximum atomic E-state index is 13.5. The lowest BCUT2D eigenvalue weighted by molar-refractivity contribution is -0.147. The van der Waals surface area contributed by atoms with Crippen LogP contribution in [-0.2, 0) is 12.7 Å². The van der Waals surface area contributed by atoms with Crippen LogP contribution in [0.2, 0.25) is 0 Å². The molecule has 138 valence electrons. The maximum Gasteiger partial charge on any atom is 0.449 e. The summed E-state index contributed by atoms with van der Waals surface area (Å²) in [5, 5.41) is 0. The predicted molar refractivity (Wildman–Crippen MR) is 94.6 cm³/mol. The summed E-state index contributed by atoms with van der Waals surface area (Å²) in [6, 6.07) is 12.7. The summed E-state index contributed by atoms with van der Waals surface area (Å²) < 4.78 is 41.9. The average Bonchev–Trinajstić information content (AvgIpc) is 3.00. The normalized spacial score (nSPS) is 13.5. The number of alkyl halides is 3. The van der Waals surface area contributed by atoms with Gasteiger partial charge in [-0.05, 0) is 31.2 Å². The molecule has 1 atom stereocenters. The molecule has 1 unspecified atom stereocenters. The Hall–Kier alpha value is -2.41. The number of likely N-dealkylation sites (N-methyl/N-ethyl adjacent to an activating group) is 1. The second-order valence-corrected chi connectivity index (χ2v) is 6.39. The molecule has 0 saturated carbocycles. The lowest BCUT2D eigenvalue weighted by Crippen LogP contribution is -2.29. The molecule has 0 radical (unpaired) electrons. The van der Waals surface area contributed by atoms with Crippen molar-refractivity contribution in [3.63, 3.8) is 0 Å². The number of benzene rings is 1. The number of aromatic nitrogens is 3. The highest BCUT2D eigenvalue weighted by molar-refractivity contribution is 5.71. The van der Waals surface area contributed by atoms with Crippen molar-refractivity contribution in [3.05, 3.63) is 60.0 Å². The molecule has 1 aromatic carbocycles. The SMILES string of the molecule is CCC(CN(C)Cc1ccccc1)n1c(C(F)(F)F)nc2cccnc21. The number of fused-ring (bicyclic) bond motifs is 1. The zero-order valence-corrected chi connectivity index (χ0v) is 14.7. The van der Waals surface area contributed by atoms with Gasteiger partial charge in [-0.2, -0.15) is 13.2 Å². The highest BCUT2D eigenvalue weighted by Crippen LogP contribution is 2.34. The Kier molecular flexibility index (Phi) is 5.27. The van der Waals surface area contributed by atoms with Gasteiger partial charge in [-0.15, -0.1) is 0 Å². The van der Waals surface area contributed by atoms with Gasteiger partial charge in [0.05, 0.1) is 0 Å². The molecule has 0 bridgehead atoms. The monoisotopic (exact) mass is 362 g/mol. The Morgan fingerprint density at radius 1 is 1.12 bits per heavy atom. The summed E-state index contributed by atoms with van der Waals surface area (Å²) in [5.74, 6) is -0.883. The zero-order valence-electron chi connectivity index (χ0n) is 14.7. The van der Waals surface area contributed by atoms with Gasteiger partial charge in [0, 0.05) is 25.3 Å². The van der Waals surface area contributed by atoms with Crippen molar-refractivity contribution in [2.45, 2.75) is 32.1 Å².